The van der Waals surface area contributed by atoms with Crippen LogP contribution in [0.3, 0.4) is 0 Å². The van der Waals surface area contributed by atoms with Crippen LogP contribution in [0.1, 0.15) is 38.5 Å². The zero-order chi connectivity index (χ0) is 13.1. The van der Waals surface area contributed by atoms with Gasteiger partial charge in [0.1, 0.15) is 6.04 Å². The van der Waals surface area contributed by atoms with Gasteiger partial charge < -0.3 is 10.4 Å². The SMILES string of the molecule is O=C1CCC(NC(=O)C2CCC(O)CC2)C(=O)N1. The number of rotatable bonds is 2. The van der Waals surface area contributed by atoms with Gasteiger partial charge in [-0.05, 0) is 32.1 Å². The van der Waals surface area contributed by atoms with Gasteiger partial charge in [0.25, 0.3) is 0 Å². The molecule has 3 N–H and O–H groups in total. The van der Waals surface area contributed by atoms with Crippen LogP contribution in [0.15, 0.2) is 0 Å². The molecule has 0 spiro atoms. The van der Waals surface area contributed by atoms with E-state index in [1.807, 2.05) is 0 Å². The van der Waals surface area contributed by atoms with E-state index < -0.39 is 11.9 Å². The van der Waals surface area contributed by atoms with Crippen LogP contribution in [-0.2, 0) is 14.4 Å². The van der Waals surface area contributed by atoms with Gasteiger partial charge in [-0.2, -0.15) is 0 Å². The highest BCUT2D eigenvalue weighted by Crippen LogP contribution is 2.24. The van der Waals surface area contributed by atoms with Gasteiger partial charge in [0.2, 0.25) is 17.7 Å². The van der Waals surface area contributed by atoms with Crippen molar-refractivity contribution in [2.24, 2.45) is 5.92 Å². The predicted molar refractivity (Wildman–Crippen MR) is 62.3 cm³/mol. The molecule has 1 aliphatic heterocycles. The zero-order valence-electron chi connectivity index (χ0n) is 10.1. The lowest BCUT2D eigenvalue weighted by Gasteiger charge is -2.27. The molecule has 1 saturated heterocycles. The number of amides is 3. The summed E-state index contributed by atoms with van der Waals surface area (Å²) in [4.78, 5) is 34.4. The Hall–Kier alpha value is -1.43. The Morgan fingerprint density at radius 2 is 1.83 bits per heavy atom. The molecular formula is C12H18N2O4. The first kappa shape index (κ1) is 13.0. The van der Waals surface area contributed by atoms with Gasteiger partial charge in [-0.25, -0.2) is 0 Å². The van der Waals surface area contributed by atoms with Crippen LogP contribution in [0.5, 0.6) is 0 Å². The molecule has 6 heteroatoms. The predicted octanol–water partition coefficient (Wildman–Crippen LogP) is -0.541. The number of aliphatic hydroxyl groups is 1. The van der Waals surface area contributed by atoms with Gasteiger partial charge in [0.15, 0.2) is 0 Å². The molecule has 2 rings (SSSR count). The monoisotopic (exact) mass is 254 g/mol. The molecule has 0 bridgehead atoms. The average molecular weight is 254 g/mol. The van der Waals surface area contributed by atoms with E-state index in [-0.39, 0.29) is 30.3 Å². The van der Waals surface area contributed by atoms with Crippen molar-refractivity contribution in [2.75, 3.05) is 0 Å². The second-order valence-electron chi connectivity index (χ2n) is 5.02. The summed E-state index contributed by atoms with van der Waals surface area (Å²) >= 11 is 0. The molecule has 1 unspecified atom stereocenters. The normalized spacial score (nSPS) is 32.8. The van der Waals surface area contributed by atoms with Gasteiger partial charge in [0, 0.05) is 12.3 Å². The number of piperidine rings is 1. The Bertz CT molecular complexity index is 361. The molecular weight excluding hydrogens is 236 g/mol. The van der Waals surface area contributed by atoms with Crippen molar-refractivity contribution in [1.82, 2.24) is 10.6 Å². The zero-order valence-corrected chi connectivity index (χ0v) is 10.1. The summed E-state index contributed by atoms with van der Waals surface area (Å²) in [6.07, 6.45) is 2.90. The van der Waals surface area contributed by atoms with Crippen molar-refractivity contribution in [3.8, 4) is 0 Å². The molecule has 1 heterocycles. The van der Waals surface area contributed by atoms with Gasteiger partial charge in [0.05, 0.1) is 6.10 Å². The molecule has 1 atom stereocenters. The quantitative estimate of drug-likeness (QED) is 0.577. The van der Waals surface area contributed by atoms with Crippen molar-refractivity contribution in [1.29, 1.82) is 0 Å². The summed E-state index contributed by atoms with van der Waals surface area (Å²) in [7, 11) is 0. The molecule has 0 aromatic rings. The highest BCUT2D eigenvalue weighted by Gasteiger charge is 2.31. The fourth-order valence-corrected chi connectivity index (χ4v) is 2.46. The summed E-state index contributed by atoms with van der Waals surface area (Å²) in [6, 6.07) is -0.595. The van der Waals surface area contributed by atoms with Crippen LogP contribution in [0.2, 0.25) is 0 Å². The third-order valence-electron chi connectivity index (χ3n) is 3.62. The highest BCUT2D eigenvalue weighted by molar-refractivity contribution is 6.01. The minimum absolute atomic E-state index is 0.126. The largest absolute Gasteiger partial charge is 0.393 e. The summed E-state index contributed by atoms with van der Waals surface area (Å²) in [5, 5.41) is 14.3. The minimum Gasteiger partial charge on any atom is -0.393 e. The van der Waals surface area contributed by atoms with Crippen LogP contribution in [0, 0.1) is 5.92 Å². The summed E-state index contributed by atoms with van der Waals surface area (Å²) in [5.41, 5.74) is 0. The molecule has 3 amide bonds. The minimum atomic E-state index is -0.595. The first-order chi connectivity index (χ1) is 8.56. The number of aliphatic hydroxyl groups excluding tert-OH is 1. The van der Waals surface area contributed by atoms with Gasteiger partial charge in [-0.15, -0.1) is 0 Å². The van der Waals surface area contributed by atoms with Crippen LogP contribution >= 0.6 is 0 Å². The third kappa shape index (κ3) is 3.07. The number of imide groups is 1. The van der Waals surface area contributed by atoms with E-state index in [4.69, 9.17) is 0 Å². The Balaban J connectivity index is 1.84. The van der Waals surface area contributed by atoms with Crippen molar-refractivity contribution < 1.29 is 19.5 Å². The van der Waals surface area contributed by atoms with Crippen molar-refractivity contribution in [3.63, 3.8) is 0 Å². The maximum absolute atomic E-state index is 11.9. The smallest absolute Gasteiger partial charge is 0.249 e. The first-order valence-electron chi connectivity index (χ1n) is 6.38. The fourth-order valence-electron chi connectivity index (χ4n) is 2.46. The third-order valence-corrected chi connectivity index (χ3v) is 3.62. The number of carbonyl (C=O) groups excluding carboxylic acids is 3. The van der Waals surface area contributed by atoms with Crippen LogP contribution in [0.4, 0.5) is 0 Å². The molecule has 1 saturated carbocycles. The average Bonchev–Trinajstić information content (AvgIpc) is 2.33. The number of hydrogen-bond acceptors (Lipinski definition) is 4. The van der Waals surface area contributed by atoms with E-state index in [1.54, 1.807) is 0 Å². The lowest BCUT2D eigenvalue weighted by molar-refractivity contribution is -0.138. The van der Waals surface area contributed by atoms with Crippen LogP contribution < -0.4 is 10.6 Å². The van der Waals surface area contributed by atoms with Crippen molar-refractivity contribution >= 4 is 17.7 Å². The Morgan fingerprint density at radius 3 is 2.44 bits per heavy atom. The van der Waals surface area contributed by atoms with Crippen LogP contribution in [0.25, 0.3) is 0 Å². The topological polar surface area (TPSA) is 95.5 Å². The number of hydrogen-bond donors (Lipinski definition) is 3. The lowest BCUT2D eigenvalue weighted by Crippen LogP contribution is -2.53. The molecule has 0 aromatic carbocycles. The molecule has 2 fully saturated rings. The molecule has 0 radical (unpaired) electrons. The molecule has 6 nitrogen and oxygen atoms in total. The Morgan fingerprint density at radius 1 is 1.17 bits per heavy atom. The fraction of sp³-hybridized carbons (Fsp3) is 0.750. The van der Waals surface area contributed by atoms with Crippen molar-refractivity contribution in [3.05, 3.63) is 0 Å². The standard InChI is InChI=1S/C12H18N2O4/c15-8-3-1-7(2-4-8)11(17)13-9-5-6-10(16)14-12(9)18/h7-9,15H,1-6H2,(H,13,17)(H,14,16,18). The maximum atomic E-state index is 11.9. The maximum Gasteiger partial charge on any atom is 0.249 e. The van der Waals surface area contributed by atoms with Gasteiger partial charge in [-0.3, -0.25) is 19.7 Å². The number of carbonyl (C=O) groups is 3. The molecule has 18 heavy (non-hydrogen) atoms. The van der Waals surface area contributed by atoms with E-state index in [0.29, 0.717) is 32.1 Å². The second kappa shape index (κ2) is 5.48. The Labute approximate surface area is 105 Å². The van der Waals surface area contributed by atoms with E-state index >= 15 is 0 Å². The Kier molecular flexibility index (Phi) is 3.96. The van der Waals surface area contributed by atoms with Gasteiger partial charge in [-0.1, -0.05) is 0 Å². The highest BCUT2D eigenvalue weighted by atomic mass is 16.3. The summed E-state index contributed by atoms with van der Waals surface area (Å²) in [6.45, 7) is 0. The summed E-state index contributed by atoms with van der Waals surface area (Å²) < 4.78 is 0. The summed E-state index contributed by atoms with van der Waals surface area (Å²) in [5.74, 6) is -0.975. The van der Waals surface area contributed by atoms with E-state index in [9.17, 15) is 19.5 Å². The van der Waals surface area contributed by atoms with E-state index in [1.165, 1.54) is 0 Å². The molecule has 2 aliphatic rings. The van der Waals surface area contributed by atoms with E-state index in [2.05, 4.69) is 10.6 Å². The molecule has 100 valence electrons. The van der Waals surface area contributed by atoms with Crippen LogP contribution in [-0.4, -0.2) is 35.0 Å². The van der Waals surface area contributed by atoms with Gasteiger partial charge >= 0.3 is 0 Å². The van der Waals surface area contributed by atoms with Crippen molar-refractivity contribution in [2.45, 2.75) is 50.7 Å². The molecule has 1 aliphatic carbocycles. The first-order valence-corrected chi connectivity index (χ1v) is 6.38. The number of nitrogens with one attached hydrogen (secondary N) is 2. The lowest BCUT2D eigenvalue weighted by atomic mass is 9.86. The molecule has 0 aromatic heterocycles. The second-order valence-corrected chi connectivity index (χ2v) is 5.02. The van der Waals surface area contributed by atoms with E-state index in [0.717, 1.165) is 0 Å².